The van der Waals surface area contributed by atoms with Crippen LogP contribution in [0.15, 0.2) is 18.2 Å². The molecule has 1 aromatic carbocycles. The number of aromatic hydroxyl groups is 1. The van der Waals surface area contributed by atoms with Crippen LogP contribution in [0.1, 0.15) is 23.2 Å². The summed E-state index contributed by atoms with van der Waals surface area (Å²) in [6.45, 7) is 4.53. The number of nitrogens with two attached hydrogens (primary N) is 1. The first-order valence-electron chi connectivity index (χ1n) is 7.68. The second-order valence-electron chi connectivity index (χ2n) is 5.78. The fourth-order valence-electron chi connectivity index (χ4n) is 2.79. The Balaban J connectivity index is 1.76. The highest BCUT2D eigenvalue weighted by atomic mass is 16.5. The van der Waals surface area contributed by atoms with Crippen molar-refractivity contribution >= 4 is 11.6 Å². The molecule has 0 saturated carbocycles. The Morgan fingerprint density at radius 2 is 2.36 bits per heavy atom. The van der Waals surface area contributed by atoms with E-state index in [9.17, 15) is 9.90 Å². The van der Waals surface area contributed by atoms with Crippen LogP contribution in [-0.4, -0.2) is 55.8 Å². The van der Waals surface area contributed by atoms with Crippen LogP contribution in [0.2, 0.25) is 0 Å². The van der Waals surface area contributed by atoms with E-state index in [1.165, 1.54) is 18.2 Å². The van der Waals surface area contributed by atoms with Gasteiger partial charge in [-0.1, -0.05) is 0 Å². The molecule has 1 aliphatic rings. The number of nitrogen functional groups attached to an aromatic ring is 1. The molecule has 1 saturated heterocycles. The minimum absolute atomic E-state index is 0.0459. The van der Waals surface area contributed by atoms with E-state index in [-0.39, 0.29) is 11.7 Å². The largest absolute Gasteiger partial charge is 0.508 e. The van der Waals surface area contributed by atoms with Gasteiger partial charge in [0.1, 0.15) is 5.75 Å². The van der Waals surface area contributed by atoms with E-state index in [1.807, 2.05) is 0 Å². The number of rotatable bonds is 7. The van der Waals surface area contributed by atoms with E-state index in [4.69, 9.17) is 10.5 Å². The summed E-state index contributed by atoms with van der Waals surface area (Å²) >= 11 is 0. The first kappa shape index (κ1) is 16.6. The van der Waals surface area contributed by atoms with Gasteiger partial charge >= 0.3 is 0 Å². The number of benzene rings is 1. The lowest BCUT2D eigenvalue weighted by Gasteiger charge is -2.16. The Kier molecular flexibility index (Phi) is 6.03. The van der Waals surface area contributed by atoms with Gasteiger partial charge in [0.2, 0.25) is 0 Å². The second-order valence-corrected chi connectivity index (χ2v) is 5.78. The Labute approximate surface area is 131 Å². The Hall–Kier alpha value is -1.79. The number of likely N-dealkylation sites (tertiary alicyclic amines) is 1. The lowest BCUT2D eigenvalue weighted by Crippen LogP contribution is -2.31. The summed E-state index contributed by atoms with van der Waals surface area (Å²) in [5.41, 5.74) is 6.48. The van der Waals surface area contributed by atoms with Crippen molar-refractivity contribution in [1.29, 1.82) is 0 Å². The maximum atomic E-state index is 12.1. The molecular formula is C16H25N3O3. The summed E-state index contributed by atoms with van der Waals surface area (Å²) in [5, 5.41) is 12.4. The number of nitrogens with one attached hydrogen (secondary N) is 1. The molecule has 0 spiro atoms. The molecule has 122 valence electrons. The number of hydrogen-bond donors (Lipinski definition) is 3. The number of methoxy groups -OCH3 is 1. The van der Waals surface area contributed by atoms with Gasteiger partial charge in [-0.25, -0.2) is 0 Å². The SMILES string of the molecule is COCCCN1CC[C@H](CNC(=O)c2cc(O)ccc2N)C1. The van der Waals surface area contributed by atoms with E-state index >= 15 is 0 Å². The van der Waals surface area contributed by atoms with Gasteiger partial charge < -0.3 is 25.8 Å². The van der Waals surface area contributed by atoms with Gasteiger partial charge in [-0.3, -0.25) is 4.79 Å². The van der Waals surface area contributed by atoms with Crippen LogP contribution in [0, 0.1) is 5.92 Å². The third-order valence-corrected chi connectivity index (χ3v) is 4.03. The number of amides is 1. The molecule has 1 fully saturated rings. The van der Waals surface area contributed by atoms with E-state index in [0.29, 0.717) is 23.7 Å². The zero-order valence-corrected chi connectivity index (χ0v) is 13.0. The van der Waals surface area contributed by atoms with Crippen LogP contribution in [0.25, 0.3) is 0 Å². The number of carbonyl (C=O) groups is 1. The molecule has 2 rings (SSSR count). The zero-order chi connectivity index (χ0) is 15.9. The van der Waals surface area contributed by atoms with Gasteiger partial charge in [0, 0.05) is 39.0 Å². The van der Waals surface area contributed by atoms with E-state index < -0.39 is 0 Å². The number of phenols is 1. The van der Waals surface area contributed by atoms with Gasteiger partial charge in [0.25, 0.3) is 5.91 Å². The maximum absolute atomic E-state index is 12.1. The van der Waals surface area contributed by atoms with Gasteiger partial charge in [-0.2, -0.15) is 0 Å². The predicted octanol–water partition coefficient (Wildman–Crippen LogP) is 1.06. The lowest BCUT2D eigenvalue weighted by atomic mass is 10.1. The number of ether oxygens (including phenoxy) is 1. The van der Waals surface area contributed by atoms with Gasteiger partial charge in [-0.05, 0) is 43.5 Å². The summed E-state index contributed by atoms with van der Waals surface area (Å²) < 4.78 is 5.06. The van der Waals surface area contributed by atoms with Crippen molar-refractivity contribution in [3.05, 3.63) is 23.8 Å². The highest BCUT2D eigenvalue weighted by Crippen LogP contribution is 2.19. The molecule has 0 aliphatic carbocycles. The lowest BCUT2D eigenvalue weighted by molar-refractivity contribution is 0.0948. The summed E-state index contributed by atoms with van der Waals surface area (Å²) in [7, 11) is 1.72. The monoisotopic (exact) mass is 307 g/mol. The predicted molar refractivity (Wildman–Crippen MR) is 85.9 cm³/mol. The molecular weight excluding hydrogens is 282 g/mol. The molecule has 1 aliphatic heterocycles. The van der Waals surface area contributed by atoms with Crippen LogP contribution >= 0.6 is 0 Å². The fourth-order valence-corrected chi connectivity index (χ4v) is 2.79. The average Bonchev–Trinajstić information content (AvgIpc) is 2.95. The third kappa shape index (κ3) is 4.61. The summed E-state index contributed by atoms with van der Waals surface area (Å²) in [4.78, 5) is 14.5. The molecule has 22 heavy (non-hydrogen) atoms. The molecule has 0 unspecified atom stereocenters. The molecule has 1 aromatic rings. The van der Waals surface area contributed by atoms with Crippen LogP contribution in [-0.2, 0) is 4.74 Å². The van der Waals surface area contributed by atoms with Gasteiger partial charge in [0.05, 0.1) is 5.56 Å². The number of phenolic OH excluding ortho intramolecular Hbond substituents is 1. The van der Waals surface area contributed by atoms with E-state index in [1.54, 1.807) is 7.11 Å². The quantitative estimate of drug-likeness (QED) is 0.398. The van der Waals surface area contributed by atoms with Gasteiger partial charge in [-0.15, -0.1) is 0 Å². The summed E-state index contributed by atoms with van der Waals surface area (Å²) in [6.07, 6.45) is 2.12. The average molecular weight is 307 g/mol. The molecule has 1 atom stereocenters. The highest BCUT2D eigenvalue weighted by Gasteiger charge is 2.22. The topological polar surface area (TPSA) is 87.8 Å². The molecule has 0 bridgehead atoms. The number of carbonyl (C=O) groups excluding carboxylic acids is 1. The Morgan fingerprint density at radius 3 is 3.14 bits per heavy atom. The minimum Gasteiger partial charge on any atom is -0.508 e. The van der Waals surface area contributed by atoms with Crippen molar-refractivity contribution in [1.82, 2.24) is 10.2 Å². The second kappa shape index (κ2) is 8.00. The normalized spacial score (nSPS) is 18.5. The molecule has 0 aromatic heterocycles. The summed E-state index contributed by atoms with van der Waals surface area (Å²) in [5.74, 6) is 0.279. The molecule has 4 N–H and O–H groups in total. The van der Waals surface area contributed by atoms with Crippen molar-refractivity contribution < 1.29 is 14.6 Å². The zero-order valence-electron chi connectivity index (χ0n) is 13.0. The van der Waals surface area contributed by atoms with Crippen LogP contribution in [0.4, 0.5) is 5.69 Å². The third-order valence-electron chi connectivity index (χ3n) is 4.03. The standard InChI is InChI=1S/C16H25N3O3/c1-22-8-2-6-19-7-5-12(11-19)10-18-16(21)14-9-13(20)3-4-15(14)17/h3-4,9,12,20H,2,5-8,10-11,17H2,1H3,(H,18,21)/t12-/m1/s1. The summed E-state index contributed by atoms with van der Waals surface area (Å²) in [6, 6.07) is 4.41. The van der Waals surface area contributed by atoms with Gasteiger partial charge in [0.15, 0.2) is 0 Å². The first-order chi connectivity index (χ1) is 10.6. The van der Waals surface area contributed by atoms with E-state index in [2.05, 4.69) is 10.2 Å². The molecule has 1 amide bonds. The first-order valence-corrected chi connectivity index (χ1v) is 7.68. The number of anilines is 1. The minimum atomic E-state index is -0.230. The Morgan fingerprint density at radius 1 is 1.55 bits per heavy atom. The van der Waals surface area contributed by atoms with Crippen molar-refractivity contribution in [3.63, 3.8) is 0 Å². The highest BCUT2D eigenvalue weighted by molar-refractivity contribution is 5.99. The van der Waals surface area contributed by atoms with E-state index in [0.717, 1.165) is 39.1 Å². The van der Waals surface area contributed by atoms with Crippen molar-refractivity contribution in [2.24, 2.45) is 5.92 Å². The fraction of sp³-hybridized carbons (Fsp3) is 0.562. The Bertz CT molecular complexity index is 507. The van der Waals surface area contributed by atoms with Crippen LogP contribution < -0.4 is 11.1 Å². The molecule has 0 radical (unpaired) electrons. The molecule has 6 nitrogen and oxygen atoms in total. The molecule has 6 heteroatoms. The van der Waals surface area contributed by atoms with Crippen LogP contribution in [0.3, 0.4) is 0 Å². The van der Waals surface area contributed by atoms with Crippen molar-refractivity contribution in [2.75, 3.05) is 45.6 Å². The number of nitrogens with zero attached hydrogens (tertiary/aromatic N) is 1. The molecule has 1 heterocycles. The number of hydrogen-bond acceptors (Lipinski definition) is 5. The smallest absolute Gasteiger partial charge is 0.253 e. The van der Waals surface area contributed by atoms with Crippen LogP contribution in [0.5, 0.6) is 5.75 Å². The maximum Gasteiger partial charge on any atom is 0.253 e. The van der Waals surface area contributed by atoms with Crippen molar-refractivity contribution in [3.8, 4) is 5.75 Å². The van der Waals surface area contributed by atoms with Crippen molar-refractivity contribution in [2.45, 2.75) is 12.8 Å².